The van der Waals surface area contributed by atoms with Crippen molar-refractivity contribution < 1.29 is 48.2 Å². The molecule has 0 spiro atoms. The van der Waals surface area contributed by atoms with Crippen LogP contribution in [0.3, 0.4) is 0 Å². The summed E-state index contributed by atoms with van der Waals surface area (Å²) in [6, 6.07) is 17.7. The van der Waals surface area contributed by atoms with E-state index >= 15 is 0 Å². The molecule has 6 nitrogen and oxygen atoms in total. The number of nitrogens with zero attached hydrogens (tertiary/aromatic N) is 2. The molecule has 3 aromatic carbocycles. The first-order valence-electron chi connectivity index (χ1n) is 6.86. The summed E-state index contributed by atoms with van der Waals surface area (Å²) in [7, 11) is -0.606. The summed E-state index contributed by atoms with van der Waals surface area (Å²) in [6.45, 7) is 0. The maximum absolute atomic E-state index is 10.8. The number of benzene rings is 3. The van der Waals surface area contributed by atoms with Crippen LogP contribution in [0.15, 0.2) is 75.8 Å². The zero-order chi connectivity index (χ0) is 16.2. The first kappa shape index (κ1) is 21.3. The van der Waals surface area contributed by atoms with E-state index in [-0.39, 0.29) is 39.9 Å². The average molecular weight is 365 g/mol. The minimum absolute atomic E-state index is 0. The van der Waals surface area contributed by atoms with Crippen molar-refractivity contribution in [2.75, 3.05) is 7.11 Å². The van der Waals surface area contributed by atoms with E-state index in [0.717, 1.165) is 22.2 Å². The molecule has 0 saturated carbocycles. The Kier molecular flexibility index (Phi) is 8.21. The van der Waals surface area contributed by atoms with Crippen molar-refractivity contribution in [2.24, 2.45) is 10.2 Å². The smallest absolute Gasteiger partial charge is 0.870 e. The van der Waals surface area contributed by atoms with Gasteiger partial charge in [0.15, 0.2) is 0 Å². The second-order valence-electron chi connectivity index (χ2n) is 4.76. The molecule has 0 aromatic heterocycles. The molecule has 0 amide bonds. The van der Waals surface area contributed by atoms with Gasteiger partial charge in [-0.3, -0.25) is 0 Å². The van der Waals surface area contributed by atoms with E-state index in [9.17, 15) is 8.42 Å². The first-order valence-corrected chi connectivity index (χ1v) is 7.93. The molecule has 0 radical (unpaired) electrons. The van der Waals surface area contributed by atoms with E-state index in [4.69, 9.17) is 4.74 Å². The number of azo groups is 1. The number of hydrogen-bond acceptors (Lipinski definition) is 7. The Morgan fingerprint density at radius 1 is 0.840 bits per heavy atom. The number of rotatable bonds is 4. The normalized spacial score (nSPS) is 10.5. The van der Waals surface area contributed by atoms with Gasteiger partial charge in [0.25, 0.3) is 0 Å². The molecule has 0 heterocycles. The Morgan fingerprint density at radius 3 is 2.08 bits per heavy atom. The predicted octanol–water partition coefficient (Wildman–Crippen LogP) is 1.76. The molecule has 0 atom stereocenters. The van der Waals surface area contributed by atoms with E-state index in [1.165, 1.54) is 12.1 Å². The van der Waals surface area contributed by atoms with Crippen molar-refractivity contribution in [1.82, 2.24) is 0 Å². The van der Waals surface area contributed by atoms with Crippen molar-refractivity contribution in [2.45, 2.75) is 4.90 Å². The Balaban J connectivity index is 0.00000156. The van der Waals surface area contributed by atoms with Gasteiger partial charge in [0.1, 0.15) is 5.75 Å². The zero-order valence-corrected chi connectivity index (χ0v) is 16.6. The fraction of sp³-hybridized carbons (Fsp3) is 0.0588. The van der Waals surface area contributed by atoms with Crippen LogP contribution in [-0.2, 0) is 19.1 Å². The molecule has 3 rings (SSSR count). The van der Waals surface area contributed by atoms with Crippen molar-refractivity contribution in [3.63, 3.8) is 0 Å². The third-order valence-electron chi connectivity index (χ3n) is 3.38. The van der Waals surface area contributed by atoms with Gasteiger partial charge in [0.05, 0.1) is 18.5 Å². The summed E-state index contributed by atoms with van der Waals surface area (Å²) < 4.78 is 27.0. The van der Waals surface area contributed by atoms with Crippen LogP contribution in [0, 0.1) is 0 Å². The van der Waals surface area contributed by atoms with Crippen molar-refractivity contribution in [3.05, 3.63) is 60.7 Å². The summed E-state index contributed by atoms with van der Waals surface area (Å²) in [5.41, 5.74) is 1.30. The minimum atomic E-state index is -2.24. The number of hydrogen-bond donors (Lipinski definition) is 0. The molecule has 0 aliphatic rings. The predicted molar refractivity (Wildman–Crippen MR) is 90.1 cm³/mol. The van der Waals surface area contributed by atoms with Gasteiger partial charge in [-0.2, -0.15) is 5.11 Å². The SMILES string of the molecule is COc1ccc(N=Nc2ccc([S-](=O)=O)cc2)c2ccccc12.[Na+].[OH-]. The summed E-state index contributed by atoms with van der Waals surface area (Å²) >= 11 is 0. The molecule has 8 heteroatoms. The fourth-order valence-electron chi connectivity index (χ4n) is 2.26. The van der Waals surface area contributed by atoms with Crippen LogP contribution in [-0.4, -0.2) is 12.6 Å². The number of ether oxygens (including phenoxy) is 1. The molecule has 124 valence electrons. The van der Waals surface area contributed by atoms with Gasteiger partial charge in [0.2, 0.25) is 0 Å². The van der Waals surface area contributed by atoms with Gasteiger partial charge in [-0.1, -0.05) is 41.3 Å². The second-order valence-corrected chi connectivity index (χ2v) is 5.70. The van der Waals surface area contributed by atoms with E-state index in [1.54, 1.807) is 19.2 Å². The Hall–Kier alpha value is -1.77. The van der Waals surface area contributed by atoms with E-state index in [2.05, 4.69) is 10.2 Å². The number of methoxy groups -OCH3 is 1. The van der Waals surface area contributed by atoms with E-state index in [0.29, 0.717) is 5.69 Å². The summed E-state index contributed by atoms with van der Waals surface area (Å²) in [6.07, 6.45) is 0. The average Bonchev–Trinajstić information content (AvgIpc) is 2.60. The maximum Gasteiger partial charge on any atom is 1.00 e. The van der Waals surface area contributed by atoms with Crippen LogP contribution in [0.25, 0.3) is 10.8 Å². The third-order valence-corrected chi connectivity index (χ3v) is 4.04. The topological polar surface area (TPSA) is 98.1 Å². The summed E-state index contributed by atoms with van der Waals surface area (Å²) in [5.74, 6) is 0.779. The Bertz CT molecular complexity index is 949. The van der Waals surface area contributed by atoms with Crippen LogP contribution >= 0.6 is 0 Å². The van der Waals surface area contributed by atoms with E-state index < -0.39 is 10.7 Å². The maximum atomic E-state index is 10.8. The molecule has 0 fully saturated rings. The molecule has 25 heavy (non-hydrogen) atoms. The van der Waals surface area contributed by atoms with Crippen molar-refractivity contribution in [1.29, 1.82) is 0 Å². The van der Waals surface area contributed by atoms with Gasteiger partial charge in [-0.05, 0) is 35.0 Å². The van der Waals surface area contributed by atoms with Crippen LogP contribution in [0.1, 0.15) is 0 Å². The van der Waals surface area contributed by atoms with Gasteiger partial charge in [0, 0.05) is 10.8 Å². The molecule has 1 N–H and O–H groups in total. The third kappa shape index (κ3) is 4.87. The fourth-order valence-corrected chi connectivity index (χ4v) is 2.61. The molecule has 0 unspecified atom stereocenters. The quantitative estimate of drug-likeness (QED) is 0.400. The first-order chi connectivity index (χ1) is 11.2. The zero-order valence-electron chi connectivity index (χ0n) is 13.7. The van der Waals surface area contributed by atoms with Gasteiger partial charge in [-0.25, -0.2) is 0 Å². The number of fused-ring (bicyclic) bond motifs is 1. The molecule has 0 aliphatic heterocycles. The summed E-state index contributed by atoms with van der Waals surface area (Å²) in [4.78, 5) is 0.221. The Labute approximate surface area is 169 Å². The molecular weight excluding hydrogens is 351 g/mol. The molecule has 0 saturated heterocycles. The molecule has 3 aromatic rings. The van der Waals surface area contributed by atoms with Gasteiger partial charge >= 0.3 is 29.6 Å². The minimum Gasteiger partial charge on any atom is -0.870 e. The van der Waals surface area contributed by atoms with E-state index in [1.807, 2.05) is 36.4 Å². The van der Waals surface area contributed by atoms with Crippen LogP contribution < -0.4 is 34.3 Å². The van der Waals surface area contributed by atoms with Crippen LogP contribution in [0.2, 0.25) is 0 Å². The van der Waals surface area contributed by atoms with Crippen molar-refractivity contribution in [3.8, 4) is 5.75 Å². The molecule has 0 bridgehead atoms. The van der Waals surface area contributed by atoms with Crippen LogP contribution in [0.5, 0.6) is 5.75 Å². The van der Waals surface area contributed by atoms with Gasteiger partial charge < -0.3 is 18.6 Å². The molecular formula is C17H14N2NaO4S-. The Morgan fingerprint density at radius 2 is 1.48 bits per heavy atom. The van der Waals surface area contributed by atoms with Crippen molar-refractivity contribution >= 4 is 32.9 Å². The largest absolute Gasteiger partial charge is 1.00 e. The van der Waals surface area contributed by atoms with Crippen LogP contribution in [0.4, 0.5) is 11.4 Å². The molecule has 0 aliphatic carbocycles. The monoisotopic (exact) mass is 365 g/mol. The summed E-state index contributed by atoms with van der Waals surface area (Å²) in [5, 5.41) is 10.3. The standard InChI is InChI=1S/C17H13N2O3S.Na.H2O/c1-22-17-11-10-16(14-4-2-3-5-15(14)17)19-18-12-6-8-13(9-7-12)23(20)21;;/h2-11H,1H3;;1H2/q-1;+1;/p-1. The van der Waals surface area contributed by atoms with Gasteiger partial charge in [-0.15, -0.1) is 5.11 Å². The second kappa shape index (κ2) is 9.65.